The van der Waals surface area contributed by atoms with E-state index in [0.29, 0.717) is 10.7 Å². The van der Waals surface area contributed by atoms with E-state index in [-0.39, 0.29) is 0 Å². The minimum absolute atomic E-state index is 0.478. The third-order valence-corrected chi connectivity index (χ3v) is 3.50. The number of aryl methyl sites for hydroxylation is 1. The van der Waals surface area contributed by atoms with Gasteiger partial charge in [0.25, 0.3) is 0 Å². The Labute approximate surface area is 110 Å². The van der Waals surface area contributed by atoms with Crippen molar-refractivity contribution in [2.24, 2.45) is 11.0 Å². The van der Waals surface area contributed by atoms with Crippen molar-refractivity contribution in [3.05, 3.63) is 34.2 Å². The molecule has 0 bridgehead atoms. The second-order valence-electron chi connectivity index (χ2n) is 4.69. The van der Waals surface area contributed by atoms with Crippen LogP contribution in [-0.4, -0.2) is 21.1 Å². The molecule has 2 atom stereocenters. The molecule has 5 nitrogen and oxygen atoms in total. The maximum Gasteiger partial charge on any atom is 0.216 e. The van der Waals surface area contributed by atoms with Crippen LogP contribution in [0.4, 0.5) is 0 Å². The van der Waals surface area contributed by atoms with Gasteiger partial charge in [0, 0.05) is 5.92 Å². The molecule has 0 unspecified atom stereocenters. The Morgan fingerprint density at radius 3 is 3.00 bits per heavy atom. The van der Waals surface area contributed by atoms with E-state index in [2.05, 4.69) is 22.2 Å². The predicted octanol–water partition coefficient (Wildman–Crippen LogP) is 2.85. The molecule has 2 heterocycles. The van der Waals surface area contributed by atoms with E-state index in [1.54, 1.807) is 10.9 Å². The van der Waals surface area contributed by atoms with Crippen molar-refractivity contribution in [3.63, 3.8) is 0 Å². The molecule has 0 radical (unpaired) electrons. The molecule has 1 N–H and O–H groups in total. The number of hydrogen-bond donors (Lipinski definition) is 1. The Hall–Kier alpha value is -1.69. The maximum absolute atomic E-state index is 5.73. The summed E-state index contributed by atoms with van der Waals surface area (Å²) >= 11 is 5.06. The highest BCUT2D eigenvalue weighted by Gasteiger charge is 2.36. The van der Waals surface area contributed by atoms with Crippen LogP contribution in [0.1, 0.15) is 36.6 Å². The normalized spacial score (nSPS) is 22.8. The van der Waals surface area contributed by atoms with Crippen LogP contribution in [0.5, 0.6) is 0 Å². The Bertz CT molecular complexity index is 651. The molecule has 2 aromatic heterocycles. The molecule has 0 saturated heterocycles. The maximum atomic E-state index is 5.73. The van der Waals surface area contributed by atoms with E-state index in [1.165, 1.54) is 6.42 Å². The standard InChI is InChI=1S/C12H14N4OS/c1-7-5-10(7)11-4-3-9(17-11)6-13-16-8(2)14-15-12(16)18/h3-4,6-7,10H,5H2,1-2H3,(H,15,18)/b13-6-/t7-,10-/m1/s1. The van der Waals surface area contributed by atoms with Crippen LogP contribution in [-0.2, 0) is 0 Å². The molecule has 2 aromatic rings. The van der Waals surface area contributed by atoms with Crippen molar-refractivity contribution in [2.45, 2.75) is 26.2 Å². The fourth-order valence-electron chi connectivity index (χ4n) is 1.98. The summed E-state index contributed by atoms with van der Waals surface area (Å²) in [5.74, 6) is 3.84. The molecule has 6 heteroatoms. The van der Waals surface area contributed by atoms with Crippen molar-refractivity contribution >= 4 is 18.4 Å². The lowest BCUT2D eigenvalue weighted by Crippen LogP contribution is -1.93. The molecule has 1 aliphatic carbocycles. The Morgan fingerprint density at radius 2 is 2.39 bits per heavy atom. The first-order valence-corrected chi connectivity index (χ1v) is 6.34. The van der Waals surface area contributed by atoms with E-state index in [4.69, 9.17) is 16.6 Å². The van der Waals surface area contributed by atoms with Crippen LogP contribution in [0.2, 0.25) is 0 Å². The minimum Gasteiger partial charge on any atom is -0.460 e. The van der Waals surface area contributed by atoms with Gasteiger partial charge in [-0.2, -0.15) is 14.9 Å². The van der Waals surface area contributed by atoms with Crippen molar-refractivity contribution in [3.8, 4) is 0 Å². The average molecular weight is 262 g/mol. The van der Waals surface area contributed by atoms with Gasteiger partial charge in [-0.15, -0.1) is 0 Å². The van der Waals surface area contributed by atoms with E-state index in [0.717, 1.165) is 23.3 Å². The van der Waals surface area contributed by atoms with Gasteiger partial charge in [-0.05, 0) is 43.6 Å². The molecule has 3 rings (SSSR count). The van der Waals surface area contributed by atoms with Crippen LogP contribution in [0, 0.1) is 17.6 Å². The van der Waals surface area contributed by atoms with Gasteiger partial charge in [-0.25, -0.2) is 0 Å². The topological polar surface area (TPSA) is 59.1 Å². The molecule has 94 valence electrons. The van der Waals surface area contributed by atoms with Gasteiger partial charge in [0.15, 0.2) is 0 Å². The zero-order valence-corrected chi connectivity index (χ0v) is 11.1. The Balaban J connectivity index is 1.80. The molecule has 0 aromatic carbocycles. The van der Waals surface area contributed by atoms with E-state index >= 15 is 0 Å². The van der Waals surface area contributed by atoms with Crippen LogP contribution < -0.4 is 0 Å². The van der Waals surface area contributed by atoms with Crippen LogP contribution in [0.15, 0.2) is 21.7 Å². The molecule has 1 fully saturated rings. The summed E-state index contributed by atoms with van der Waals surface area (Å²) in [6.45, 7) is 4.07. The second-order valence-corrected chi connectivity index (χ2v) is 5.08. The first kappa shape index (κ1) is 11.4. The van der Waals surface area contributed by atoms with E-state index in [1.807, 2.05) is 19.1 Å². The molecule has 0 amide bonds. The minimum atomic E-state index is 0.478. The van der Waals surface area contributed by atoms with Crippen molar-refractivity contribution in [1.29, 1.82) is 0 Å². The predicted molar refractivity (Wildman–Crippen MR) is 70.4 cm³/mol. The fraction of sp³-hybridized carbons (Fsp3) is 0.417. The summed E-state index contributed by atoms with van der Waals surface area (Å²) in [6, 6.07) is 3.96. The Morgan fingerprint density at radius 1 is 1.61 bits per heavy atom. The van der Waals surface area contributed by atoms with Crippen molar-refractivity contribution in [2.75, 3.05) is 0 Å². The van der Waals surface area contributed by atoms with Crippen LogP contribution in [0.3, 0.4) is 0 Å². The van der Waals surface area contributed by atoms with Gasteiger partial charge in [0.05, 0.1) is 6.21 Å². The van der Waals surface area contributed by atoms with Gasteiger partial charge in [-0.1, -0.05) is 6.92 Å². The second kappa shape index (κ2) is 4.20. The zero-order valence-electron chi connectivity index (χ0n) is 10.3. The molecule has 1 saturated carbocycles. The molecule has 18 heavy (non-hydrogen) atoms. The monoisotopic (exact) mass is 262 g/mol. The number of nitrogens with one attached hydrogen (secondary N) is 1. The first-order chi connectivity index (χ1) is 8.65. The van der Waals surface area contributed by atoms with Gasteiger partial charge < -0.3 is 4.42 Å². The third-order valence-electron chi connectivity index (χ3n) is 3.24. The lowest BCUT2D eigenvalue weighted by atomic mass is 10.3. The number of nitrogens with zero attached hydrogens (tertiary/aromatic N) is 3. The summed E-state index contributed by atoms with van der Waals surface area (Å²) < 4.78 is 7.77. The highest BCUT2D eigenvalue weighted by atomic mass is 32.1. The van der Waals surface area contributed by atoms with E-state index in [9.17, 15) is 0 Å². The van der Waals surface area contributed by atoms with Gasteiger partial charge in [0.1, 0.15) is 17.3 Å². The van der Waals surface area contributed by atoms with Gasteiger partial charge >= 0.3 is 0 Å². The third kappa shape index (κ3) is 2.03. The summed E-state index contributed by atoms with van der Waals surface area (Å²) in [7, 11) is 0. The average Bonchev–Trinajstić information content (AvgIpc) is 2.76. The fourth-order valence-corrected chi connectivity index (χ4v) is 2.20. The Kier molecular flexibility index (Phi) is 2.66. The SMILES string of the molecule is Cc1n[nH]c(=S)n1/N=C\c1ccc([C@@H]2C[C@H]2C)o1. The number of rotatable bonds is 3. The quantitative estimate of drug-likeness (QED) is 0.683. The molecular weight excluding hydrogens is 248 g/mol. The molecule has 1 aliphatic rings. The van der Waals surface area contributed by atoms with Crippen LogP contribution >= 0.6 is 12.2 Å². The lowest BCUT2D eigenvalue weighted by molar-refractivity contribution is 0.500. The van der Waals surface area contributed by atoms with Gasteiger partial charge in [-0.3, -0.25) is 5.10 Å². The number of furan rings is 1. The molecule has 0 spiro atoms. The molecule has 0 aliphatic heterocycles. The molecular formula is C12H14N4OS. The van der Waals surface area contributed by atoms with Crippen molar-refractivity contribution < 1.29 is 4.42 Å². The highest BCUT2D eigenvalue weighted by Crippen LogP contribution is 2.47. The number of H-pyrrole nitrogens is 1. The zero-order chi connectivity index (χ0) is 12.7. The lowest BCUT2D eigenvalue weighted by Gasteiger charge is -1.93. The highest BCUT2D eigenvalue weighted by molar-refractivity contribution is 7.71. The largest absolute Gasteiger partial charge is 0.460 e. The smallest absolute Gasteiger partial charge is 0.216 e. The first-order valence-electron chi connectivity index (χ1n) is 5.93. The van der Waals surface area contributed by atoms with E-state index < -0.39 is 0 Å². The van der Waals surface area contributed by atoms with Crippen LogP contribution in [0.25, 0.3) is 0 Å². The number of aromatic amines is 1. The summed E-state index contributed by atoms with van der Waals surface area (Å²) in [5.41, 5.74) is 0. The number of aromatic nitrogens is 3. The number of hydrogen-bond acceptors (Lipinski definition) is 4. The summed E-state index contributed by atoms with van der Waals surface area (Å²) in [5, 5.41) is 10.9. The van der Waals surface area contributed by atoms with Gasteiger partial charge in [0.2, 0.25) is 4.77 Å². The summed E-state index contributed by atoms with van der Waals surface area (Å²) in [6.07, 6.45) is 2.88. The van der Waals surface area contributed by atoms with Crippen molar-refractivity contribution in [1.82, 2.24) is 14.9 Å². The summed E-state index contributed by atoms with van der Waals surface area (Å²) in [4.78, 5) is 0.